The van der Waals surface area contributed by atoms with Crippen molar-refractivity contribution >= 4 is 75.3 Å². The van der Waals surface area contributed by atoms with E-state index in [1.54, 1.807) is 12.5 Å². The van der Waals surface area contributed by atoms with Gasteiger partial charge in [0.15, 0.2) is 0 Å². The summed E-state index contributed by atoms with van der Waals surface area (Å²) in [5, 5.41) is 28.3. The van der Waals surface area contributed by atoms with Gasteiger partial charge in [0.05, 0.1) is 29.2 Å². The minimum Gasteiger partial charge on any atom is -0.860 e. The van der Waals surface area contributed by atoms with Gasteiger partial charge in [-0.25, -0.2) is 0 Å². The molecule has 0 saturated heterocycles. The molecule has 0 aliphatic rings. The molecule has 0 radical (unpaired) electrons. The van der Waals surface area contributed by atoms with E-state index in [1.165, 1.54) is 43.0 Å². The van der Waals surface area contributed by atoms with Gasteiger partial charge in [-0.05, 0) is 126 Å². The number of benzene rings is 9. The van der Waals surface area contributed by atoms with Crippen LogP contribution in [-0.2, 0) is 46.3 Å². The molecule has 388 valence electrons. The van der Waals surface area contributed by atoms with Gasteiger partial charge in [-0.1, -0.05) is 133 Å². The second-order valence-electron chi connectivity index (χ2n) is 17.3. The maximum atomic E-state index is 12.3. The fourth-order valence-corrected chi connectivity index (χ4v) is 18.5. The third-order valence-electron chi connectivity index (χ3n) is 12.3. The Labute approximate surface area is 446 Å². The normalized spacial score (nSPS) is 12.4. The Kier molecular flexibility index (Phi) is 19.6. The van der Waals surface area contributed by atoms with E-state index < -0.39 is 72.7 Å². The second-order valence-corrected chi connectivity index (χ2v) is 27.0. The van der Waals surface area contributed by atoms with E-state index in [4.69, 9.17) is 0 Å². The summed E-state index contributed by atoms with van der Waals surface area (Å²) < 4.78 is 102. The highest BCUT2D eigenvalue weighted by Gasteiger charge is 2.47. The van der Waals surface area contributed by atoms with Gasteiger partial charge in [0, 0.05) is 43.9 Å². The van der Waals surface area contributed by atoms with E-state index in [-0.39, 0.29) is 18.2 Å². The third kappa shape index (κ3) is 14.5. The standard InChI is InChI=1S/2C26H24OPS.C8H3BF6O3/c2*1-29(27)26-19-11-12-22(20-26)21-28(23-13-5-2-6-14-23,24-15-7-3-8-16-24)25-17-9-4-10-18-25;10-7(11,12)4-1-5(8(13,14)15)3-6(2-4)18-9(16)17/h2*2-20H,21H2,1H3;1-3H/q2*+1;-2. The van der Waals surface area contributed by atoms with Crippen LogP contribution in [0.15, 0.2) is 259 Å². The summed E-state index contributed by atoms with van der Waals surface area (Å²) in [4.78, 5) is 1.77. The Morgan fingerprint density at radius 3 is 0.882 bits per heavy atom. The van der Waals surface area contributed by atoms with Crippen LogP contribution in [-0.4, -0.2) is 28.3 Å². The molecule has 0 N–H and O–H groups in total. The number of rotatable bonds is 14. The molecule has 0 aliphatic heterocycles. The van der Waals surface area contributed by atoms with Gasteiger partial charge in [0.25, 0.3) is 0 Å². The molecule has 5 nitrogen and oxygen atoms in total. The maximum absolute atomic E-state index is 12.3. The van der Waals surface area contributed by atoms with Gasteiger partial charge in [-0.2, -0.15) is 26.3 Å². The smallest absolute Gasteiger partial charge is 0.416 e. The summed E-state index contributed by atoms with van der Waals surface area (Å²) in [6.07, 6.45) is -4.83. The Morgan fingerprint density at radius 2 is 0.658 bits per heavy atom. The molecule has 2 unspecified atom stereocenters. The fraction of sp³-hybridized carbons (Fsp3) is 0.100. The van der Waals surface area contributed by atoms with Crippen molar-refractivity contribution in [3.05, 3.63) is 271 Å². The average molecular weight is 1100 g/mol. The lowest BCUT2D eigenvalue weighted by molar-refractivity contribution is -0.372. The summed E-state index contributed by atoms with van der Waals surface area (Å²) in [5.74, 6) is -1.08. The van der Waals surface area contributed by atoms with Crippen LogP contribution < -0.4 is 46.5 Å². The molecule has 0 saturated carbocycles. The summed E-state index contributed by atoms with van der Waals surface area (Å²) in [7, 11) is -8.84. The van der Waals surface area contributed by atoms with Crippen molar-refractivity contribution in [2.24, 2.45) is 0 Å². The van der Waals surface area contributed by atoms with Crippen LogP contribution >= 0.6 is 14.5 Å². The highest BCUT2D eigenvalue weighted by Crippen LogP contribution is 2.59. The van der Waals surface area contributed by atoms with Crippen molar-refractivity contribution in [1.82, 2.24) is 0 Å². The van der Waals surface area contributed by atoms with Gasteiger partial charge in [-0.3, -0.25) is 8.42 Å². The van der Waals surface area contributed by atoms with Crippen LogP contribution in [0.3, 0.4) is 0 Å². The van der Waals surface area contributed by atoms with E-state index in [2.05, 4.69) is 211 Å². The van der Waals surface area contributed by atoms with Crippen LogP contribution in [0.5, 0.6) is 5.75 Å². The Morgan fingerprint density at radius 1 is 0.395 bits per heavy atom. The second kappa shape index (κ2) is 26.0. The Bertz CT molecular complexity index is 2900. The highest BCUT2D eigenvalue weighted by molar-refractivity contribution is 7.95. The van der Waals surface area contributed by atoms with Crippen molar-refractivity contribution in [2.45, 2.75) is 34.5 Å². The first-order chi connectivity index (χ1) is 36.4. The van der Waals surface area contributed by atoms with Gasteiger partial charge >= 0.3 is 12.4 Å². The zero-order valence-electron chi connectivity index (χ0n) is 41.2. The van der Waals surface area contributed by atoms with Crippen LogP contribution in [0, 0.1) is 0 Å². The number of halogens is 6. The lowest BCUT2D eigenvalue weighted by Crippen LogP contribution is -2.50. The van der Waals surface area contributed by atoms with Gasteiger partial charge in [0.2, 0.25) is 0 Å². The van der Waals surface area contributed by atoms with Gasteiger partial charge < -0.3 is 14.7 Å². The topological polar surface area (TPSA) is 89.5 Å². The predicted molar refractivity (Wildman–Crippen MR) is 298 cm³/mol. The fourth-order valence-electron chi connectivity index (χ4n) is 8.84. The average Bonchev–Trinajstić information content (AvgIpc) is 3.44. The van der Waals surface area contributed by atoms with Crippen LogP contribution in [0.1, 0.15) is 22.3 Å². The van der Waals surface area contributed by atoms with Crippen LogP contribution in [0.4, 0.5) is 26.3 Å². The van der Waals surface area contributed by atoms with Crippen LogP contribution in [0.2, 0.25) is 0 Å². The minimum absolute atomic E-state index is 0.141. The first-order valence-electron chi connectivity index (χ1n) is 23.6. The molecular formula is C60H51BF6O5P2S2. The molecule has 0 amide bonds. The summed E-state index contributed by atoms with van der Waals surface area (Å²) in [6, 6.07) is 81.9. The first-order valence-corrected chi connectivity index (χ1v) is 30.7. The monoisotopic (exact) mass is 1100 g/mol. The molecule has 0 heterocycles. The molecule has 0 aliphatic carbocycles. The maximum Gasteiger partial charge on any atom is 0.416 e. The summed E-state index contributed by atoms with van der Waals surface area (Å²) >= 11 is 0. The number of hydrogen-bond acceptors (Lipinski definition) is 5. The first kappa shape index (κ1) is 57.2. The molecule has 2 atom stereocenters. The van der Waals surface area contributed by atoms with Crippen molar-refractivity contribution in [3.8, 4) is 5.75 Å². The SMILES string of the molecule is CS(=O)c1cccc(C[P+](c2ccccc2)(c2ccccc2)c2ccccc2)c1.CS(=O)c1cccc(C[P+](c2ccccc2)(c2ccccc2)c2ccccc2)c1.[O-]B([O-])Oc1cc(C(F)(F)F)cc(C(F)(F)F)c1. The molecule has 16 heteroatoms. The number of alkyl halides is 6. The number of hydrogen-bond donors (Lipinski definition) is 0. The molecule has 0 spiro atoms. The third-order valence-corrected chi connectivity index (χ3v) is 22.9. The van der Waals surface area contributed by atoms with Crippen molar-refractivity contribution < 1.29 is 49.5 Å². The van der Waals surface area contributed by atoms with E-state index in [9.17, 15) is 44.8 Å². The minimum atomic E-state index is -5.05. The highest BCUT2D eigenvalue weighted by atomic mass is 32.2. The molecule has 0 fully saturated rings. The summed E-state index contributed by atoms with van der Waals surface area (Å²) in [5.41, 5.74) is -0.869. The molecule has 76 heavy (non-hydrogen) atoms. The Balaban J connectivity index is 0.000000171. The zero-order valence-corrected chi connectivity index (χ0v) is 44.6. The lowest BCUT2D eigenvalue weighted by atomic mass is 10.1. The summed E-state index contributed by atoms with van der Waals surface area (Å²) in [6.45, 7) is 0. The zero-order chi connectivity index (χ0) is 54.4. The predicted octanol–water partition coefficient (Wildman–Crippen LogP) is 10.6. The van der Waals surface area contributed by atoms with Gasteiger partial charge in [-0.15, -0.1) is 0 Å². The molecular weight excluding hydrogens is 1050 g/mol. The Hall–Kier alpha value is -6.50. The van der Waals surface area contributed by atoms with E-state index in [0.717, 1.165) is 22.1 Å². The molecule has 9 rings (SSSR count). The van der Waals surface area contributed by atoms with Gasteiger partial charge in [0.1, 0.15) is 53.7 Å². The van der Waals surface area contributed by atoms with Crippen molar-refractivity contribution in [1.29, 1.82) is 0 Å². The quantitative estimate of drug-likeness (QED) is 0.0615. The lowest BCUT2D eigenvalue weighted by Gasteiger charge is -2.28. The van der Waals surface area contributed by atoms with E-state index >= 15 is 0 Å². The molecule has 0 aromatic heterocycles. The van der Waals surface area contributed by atoms with Crippen LogP contribution in [0.25, 0.3) is 0 Å². The molecule has 9 aromatic rings. The molecule has 9 aromatic carbocycles. The van der Waals surface area contributed by atoms with Crippen molar-refractivity contribution in [3.63, 3.8) is 0 Å². The largest absolute Gasteiger partial charge is 0.860 e. The molecule has 0 bridgehead atoms. The van der Waals surface area contributed by atoms with Crippen molar-refractivity contribution in [2.75, 3.05) is 12.5 Å². The van der Waals surface area contributed by atoms with E-state index in [1.807, 2.05) is 24.3 Å². The van der Waals surface area contributed by atoms with E-state index in [0.29, 0.717) is 0 Å².